The van der Waals surface area contributed by atoms with E-state index in [1.165, 1.54) is 43.2 Å². The van der Waals surface area contributed by atoms with E-state index in [-0.39, 0.29) is 17.9 Å². The van der Waals surface area contributed by atoms with Gasteiger partial charge in [0.2, 0.25) is 0 Å². The molecule has 0 radical (unpaired) electrons. The van der Waals surface area contributed by atoms with Gasteiger partial charge in [0.25, 0.3) is 0 Å². The maximum absolute atomic E-state index is 3.97. The molecule has 3 unspecified atom stereocenters. The highest BCUT2D eigenvalue weighted by molar-refractivity contribution is 5.85. The Bertz CT molecular complexity index is 754. The SMILES string of the molecule is CC(C)c1ccc2c(c1)CCC1C2CCCC1(C)NCc1ccccc1.Cl. The Morgan fingerprint density at radius 3 is 2.59 bits per heavy atom. The van der Waals surface area contributed by atoms with Crippen molar-refractivity contribution in [2.24, 2.45) is 5.92 Å². The summed E-state index contributed by atoms with van der Waals surface area (Å²) in [6, 6.07) is 18.2. The maximum atomic E-state index is 3.97. The molecular weight excluding hydrogens is 350 g/mol. The molecule has 4 rings (SSSR count). The van der Waals surface area contributed by atoms with Crippen molar-refractivity contribution < 1.29 is 0 Å². The third-order valence-electron chi connectivity index (χ3n) is 7.01. The van der Waals surface area contributed by atoms with Crippen LogP contribution in [0.1, 0.15) is 80.5 Å². The van der Waals surface area contributed by atoms with E-state index < -0.39 is 0 Å². The summed E-state index contributed by atoms with van der Waals surface area (Å²) in [6.45, 7) is 8.08. The van der Waals surface area contributed by atoms with Crippen LogP contribution in [-0.4, -0.2) is 5.54 Å². The Labute approximate surface area is 171 Å². The van der Waals surface area contributed by atoms with E-state index in [2.05, 4.69) is 74.6 Å². The lowest BCUT2D eigenvalue weighted by atomic mass is 9.60. The molecule has 3 atom stereocenters. The van der Waals surface area contributed by atoms with Crippen LogP contribution >= 0.6 is 12.4 Å². The number of benzene rings is 2. The fraction of sp³-hybridized carbons (Fsp3) is 0.520. The van der Waals surface area contributed by atoms with Gasteiger partial charge < -0.3 is 5.32 Å². The molecule has 27 heavy (non-hydrogen) atoms. The highest BCUT2D eigenvalue weighted by Crippen LogP contribution is 2.49. The summed E-state index contributed by atoms with van der Waals surface area (Å²) < 4.78 is 0. The van der Waals surface area contributed by atoms with Crippen LogP contribution in [0.15, 0.2) is 48.5 Å². The number of halogens is 1. The van der Waals surface area contributed by atoms with Crippen LogP contribution < -0.4 is 5.32 Å². The van der Waals surface area contributed by atoms with Crippen LogP contribution in [0.5, 0.6) is 0 Å². The molecule has 0 amide bonds. The molecule has 0 bridgehead atoms. The molecule has 1 nitrogen and oxygen atoms in total. The molecule has 2 aromatic carbocycles. The normalized spacial score (nSPS) is 26.8. The standard InChI is InChI=1S/C25H33N.ClH/c1-18(2)20-11-13-22-21(16-20)12-14-24-23(22)10-7-15-25(24,3)26-17-19-8-5-4-6-9-19;/h4-6,8-9,11,13,16,18,23-24,26H,7,10,12,14-15,17H2,1-3H3;1H. The van der Waals surface area contributed by atoms with Crippen molar-refractivity contribution in [1.82, 2.24) is 5.32 Å². The van der Waals surface area contributed by atoms with Gasteiger partial charge in [0.15, 0.2) is 0 Å². The van der Waals surface area contributed by atoms with E-state index in [0.29, 0.717) is 5.92 Å². The summed E-state index contributed by atoms with van der Waals surface area (Å²) in [5.74, 6) is 2.13. The first-order chi connectivity index (χ1) is 12.6. The largest absolute Gasteiger partial charge is 0.307 e. The Kier molecular flexibility index (Phi) is 6.33. The molecule has 0 spiro atoms. The van der Waals surface area contributed by atoms with E-state index in [1.54, 1.807) is 11.1 Å². The van der Waals surface area contributed by atoms with E-state index in [1.807, 2.05) is 0 Å². The maximum Gasteiger partial charge on any atom is 0.0210 e. The van der Waals surface area contributed by atoms with Crippen LogP contribution in [0.2, 0.25) is 0 Å². The zero-order valence-electron chi connectivity index (χ0n) is 17.0. The van der Waals surface area contributed by atoms with Gasteiger partial charge in [-0.2, -0.15) is 0 Å². The monoisotopic (exact) mass is 383 g/mol. The first kappa shape index (κ1) is 20.4. The Balaban J connectivity index is 0.00000210. The van der Waals surface area contributed by atoms with E-state index in [0.717, 1.165) is 18.4 Å². The first-order valence-corrected chi connectivity index (χ1v) is 10.5. The van der Waals surface area contributed by atoms with Crippen LogP contribution in [-0.2, 0) is 13.0 Å². The summed E-state index contributed by atoms with van der Waals surface area (Å²) >= 11 is 0. The van der Waals surface area contributed by atoms with E-state index in [4.69, 9.17) is 0 Å². The molecule has 2 aromatic rings. The highest BCUT2D eigenvalue weighted by Gasteiger charge is 2.44. The first-order valence-electron chi connectivity index (χ1n) is 10.5. The summed E-state index contributed by atoms with van der Waals surface area (Å²) in [7, 11) is 0. The molecular formula is C25H34ClN. The van der Waals surface area contributed by atoms with Crippen LogP contribution in [0.4, 0.5) is 0 Å². The lowest BCUT2D eigenvalue weighted by molar-refractivity contribution is 0.118. The van der Waals surface area contributed by atoms with Gasteiger partial charge in [0, 0.05) is 12.1 Å². The van der Waals surface area contributed by atoms with Crippen molar-refractivity contribution >= 4 is 12.4 Å². The van der Waals surface area contributed by atoms with Crippen molar-refractivity contribution in [2.45, 2.75) is 76.8 Å². The van der Waals surface area contributed by atoms with Gasteiger partial charge in [-0.05, 0) is 72.6 Å². The second-order valence-electron chi connectivity index (χ2n) is 9.01. The minimum Gasteiger partial charge on any atom is -0.307 e. The molecule has 2 heteroatoms. The molecule has 0 saturated heterocycles. The topological polar surface area (TPSA) is 12.0 Å². The molecule has 2 aliphatic carbocycles. The summed E-state index contributed by atoms with van der Waals surface area (Å²) in [4.78, 5) is 0. The van der Waals surface area contributed by atoms with Crippen LogP contribution in [0.3, 0.4) is 0 Å². The van der Waals surface area contributed by atoms with Gasteiger partial charge in [-0.25, -0.2) is 0 Å². The van der Waals surface area contributed by atoms with Crippen molar-refractivity contribution in [1.29, 1.82) is 0 Å². The molecule has 1 N–H and O–H groups in total. The third-order valence-corrected chi connectivity index (χ3v) is 7.01. The zero-order valence-corrected chi connectivity index (χ0v) is 17.8. The lowest BCUT2D eigenvalue weighted by Gasteiger charge is -2.50. The van der Waals surface area contributed by atoms with Crippen molar-refractivity contribution in [3.63, 3.8) is 0 Å². The Morgan fingerprint density at radius 2 is 1.85 bits per heavy atom. The number of hydrogen-bond donors (Lipinski definition) is 1. The summed E-state index contributed by atoms with van der Waals surface area (Å²) in [5.41, 5.74) is 6.44. The number of fused-ring (bicyclic) bond motifs is 3. The van der Waals surface area contributed by atoms with Crippen LogP contribution in [0, 0.1) is 5.92 Å². The van der Waals surface area contributed by atoms with Gasteiger partial charge in [-0.1, -0.05) is 68.8 Å². The smallest absolute Gasteiger partial charge is 0.0210 e. The molecule has 1 fully saturated rings. The Morgan fingerprint density at radius 1 is 1.07 bits per heavy atom. The third kappa shape index (κ3) is 4.10. The minimum absolute atomic E-state index is 0. The van der Waals surface area contributed by atoms with Crippen molar-refractivity contribution in [3.8, 4) is 0 Å². The molecule has 0 heterocycles. The highest BCUT2D eigenvalue weighted by atomic mass is 35.5. The minimum atomic E-state index is 0. The molecule has 0 aliphatic heterocycles. The average molecular weight is 384 g/mol. The number of aryl methyl sites for hydroxylation is 1. The number of nitrogens with one attached hydrogen (secondary N) is 1. The quantitative estimate of drug-likeness (QED) is 0.626. The van der Waals surface area contributed by atoms with Crippen molar-refractivity contribution in [2.75, 3.05) is 0 Å². The van der Waals surface area contributed by atoms with Gasteiger partial charge in [0.05, 0.1) is 0 Å². The average Bonchev–Trinajstić information content (AvgIpc) is 2.67. The second kappa shape index (κ2) is 8.37. The van der Waals surface area contributed by atoms with Gasteiger partial charge in [-0.15, -0.1) is 12.4 Å². The fourth-order valence-electron chi connectivity index (χ4n) is 5.41. The van der Waals surface area contributed by atoms with Gasteiger partial charge >= 0.3 is 0 Å². The second-order valence-corrected chi connectivity index (χ2v) is 9.01. The van der Waals surface area contributed by atoms with Crippen LogP contribution in [0.25, 0.3) is 0 Å². The predicted molar refractivity (Wildman–Crippen MR) is 118 cm³/mol. The Hall–Kier alpha value is -1.31. The number of rotatable bonds is 4. The molecule has 1 saturated carbocycles. The summed E-state index contributed by atoms with van der Waals surface area (Å²) in [6.07, 6.45) is 6.59. The van der Waals surface area contributed by atoms with Gasteiger partial charge in [0.1, 0.15) is 0 Å². The fourth-order valence-corrected chi connectivity index (χ4v) is 5.41. The van der Waals surface area contributed by atoms with E-state index in [9.17, 15) is 0 Å². The lowest BCUT2D eigenvalue weighted by Crippen LogP contribution is -2.53. The predicted octanol–water partition coefficient (Wildman–Crippen LogP) is 6.61. The summed E-state index contributed by atoms with van der Waals surface area (Å²) in [5, 5.41) is 3.97. The van der Waals surface area contributed by atoms with Crippen molar-refractivity contribution in [3.05, 3.63) is 70.8 Å². The molecule has 0 aromatic heterocycles. The molecule has 146 valence electrons. The number of hydrogen-bond acceptors (Lipinski definition) is 1. The van der Waals surface area contributed by atoms with E-state index >= 15 is 0 Å². The molecule has 2 aliphatic rings. The van der Waals surface area contributed by atoms with Gasteiger partial charge in [-0.3, -0.25) is 0 Å². The zero-order chi connectivity index (χ0) is 18.1.